The molecule has 0 spiro atoms. The number of fused-ring (bicyclic) bond motifs is 1. The topological polar surface area (TPSA) is 83.7 Å². The first-order valence-corrected chi connectivity index (χ1v) is 9.59. The van der Waals surface area contributed by atoms with Crippen molar-refractivity contribution in [2.45, 2.75) is 38.3 Å². The second kappa shape index (κ2) is 7.82. The van der Waals surface area contributed by atoms with Gasteiger partial charge in [-0.2, -0.15) is 0 Å². The van der Waals surface area contributed by atoms with Gasteiger partial charge in [0.15, 0.2) is 11.5 Å². The van der Waals surface area contributed by atoms with E-state index in [1.807, 2.05) is 18.2 Å². The minimum Gasteiger partial charge on any atom is -0.454 e. The van der Waals surface area contributed by atoms with Crippen LogP contribution in [0.2, 0.25) is 0 Å². The second-order valence-electron chi connectivity index (χ2n) is 7.58. The van der Waals surface area contributed by atoms with Crippen LogP contribution in [0.5, 0.6) is 11.5 Å². The molecule has 7 nitrogen and oxygen atoms in total. The highest BCUT2D eigenvalue weighted by molar-refractivity contribution is 5.76. The zero-order valence-electron chi connectivity index (χ0n) is 15.2. The van der Waals surface area contributed by atoms with Gasteiger partial charge >= 0.3 is 0 Å². The van der Waals surface area contributed by atoms with Gasteiger partial charge in [0, 0.05) is 18.9 Å². The average molecular weight is 360 g/mol. The Morgan fingerprint density at radius 2 is 2.19 bits per heavy atom. The summed E-state index contributed by atoms with van der Waals surface area (Å²) in [7, 11) is 0. The monoisotopic (exact) mass is 360 g/mol. The van der Waals surface area contributed by atoms with Crippen molar-refractivity contribution in [3.63, 3.8) is 0 Å². The summed E-state index contributed by atoms with van der Waals surface area (Å²) >= 11 is 0. The number of hydrogen-bond acceptors (Lipinski definition) is 6. The molecular formula is C19H28N4O3. The van der Waals surface area contributed by atoms with E-state index in [0.29, 0.717) is 18.3 Å². The molecule has 4 N–H and O–H groups in total. The van der Waals surface area contributed by atoms with Gasteiger partial charge in [0.1, 0.15) is 6.17 Å². The minimum absolute atomic E-state index is 0.106. The normalized spacial score (nSPS) is 28.7. The first kappa shape index (κ1) is 17.6. The fraction of sp³-hybridized carbons (Fsp3) is 0.632. The molecular weight excluding hydrogens is 332 g/mol. The van der Waals surface area contributed by atoms with Crippen molar-refractivity contribution in [2.75, 3.05) is 26.4 Å². The van der Waals surface area contributed by atoms with Crippen LogP contribution in [0.25, 0.3) is 0 Å². The summed E-state index contributed by atoms with van der Waals surface area (Å²) in [5.41, 5.74) is 7.48. The number of carbonyl (C=O) groups is 1. The Morgan fingerprint density at radius 1 is 1.31 bits per heavy atom. The van der Waals surface area contributed by atoms with E-state index in [9.17, 15) is 4.79 Å². The van der Waals surface area contributed by atoms with E-state index in [1.165, 1.54) is 12.8 Å². The lowest BCUT2D eigenvalue weighted by molar-refractivity contribution is -0.123. The van der Waals surface area contributed by atoms with Crippen molar-refractivity contribution < 1.29 is 14.3 Å². The third-order valence-corrected chi connectivity index (χ3v) is 5.77. The molecule has 3 heterocycles. The van der Waals surface area contributed by atoms with E-state index in [-0.39, 0.29) is 24.8 Å². The summed E-state index contributed by atoms with van der Waals surface area (Å²) in [5.74, 6) is 2.80. The zero-order valence-corrected chi connectivity index (χ0v) is 15.2. The maximum Gasteiger partial charge on any atom is 0.231 e. The summed E-state index contributed by atoms with van der Waals surface area (Å²) in [6.07, 6.45) is 2.86. The summed E-state index contributed by atoms with van der Waals surface area (Å²) in [6, 6.07) is 5.99. The van der Waals surface area contributed by atoms with E-state index >= 15 is 0 Å². The van der Waals surface area contributed by atoms with Crippen LogP contribution in [-0.2, 0) is 4.79 Å². The van der Waals surface area contributed by atoms with Crippen molar-refractivity contribution in [3.8, 4) is 11.5 Å². The maximum absolute atomic E-state index is 12.6. The lowest BCUT2D eigenvalue weighted by atomic mass is 9.85. The second-order valence-corrected chi connectivity index (χ2v) is 7.58. The number of hydrazine groups is 1. The van der Waals surface area contributed by atoms with E-state index in [1.54, 1.807) is 0 Å². The first-order chi connectivity index (χ1) is 12.7. The van der Waals surface area contributed by atoms with Gasteiger partial charge in [0.25, 0.3) is 0 Å². The van der Waals surface area contributed by atoms with Gasteiger partial charge in [-0.3, -0.25) is 10.2 Å². The van der Waals surface area contributed by atoms with Crippen LogP contribution in [0.3, 0.4) is 0 Å². The number of nitrogens with one attached hydrogen (secondary N) is 4. The predicted molar refractivity (Wildman–Crippen MR) is 97.7 cm³/mol. The highest BCUT2D eigenvalue weighted by Gasteiger charge is 2.31. The number of piperidine rings is 1. The lowest BCUT2D eigenvalue weighted by Gasteiger charge is -2.28. The molecule has 1 amide bonds. The van der Waals surface area contributed by atoms with Gasteiger partial charge in [-0.15, -0.1) is 0 Å². The molecule has 142 valence electrons. The average Bonchev–Trinajstić information content (AvgIpc) is 3.30. The Hall–Kier alpha value is -1.83. The molecule has 1 aromatic rings. The number of benzene rings is 1. The van der Waals surface area contributed by atoms with Crippen LogP contribution >= 0.6 is 0 Å². The minimum atomic E-state index is -0.125. The van der Waals surface area contributed by atoms with Crippen LogP contribution < -0.4 is 31.0 Å². The number of amides is 1. The maximum atomic E-state index is 12.6. The Kier molecular flexibility index (Phi) is 5.28. The van der Waals surface area contributed by atoms with Gasteiger partial charge in [-0.05, 0) is 55.5 Å². The van der Waals surface area contributed by atoms with Crippen LogP contribution in [0, 0.1) is 11.8 Å². The van der Waals surface area contributed by atoms with Gasteiger partial charge in [0.2, 0.25) is 12.7 Å². The van der Waals surface area contributed by atoms with Crippen LogP contribution in [-0.4, -0.2) is 38.5 Å². The SMILES string of the molecule is CC(CC(=O)NC1NNCC1c1ccc2c(c1)OCO2)C1CCCNC1. The van der Waals surface area contributed by atoms with Crippen LogP contribution in [0.1, 0.15) is 37.7 Å². The van der Waals surface area contributed by atoms with Gasteiger partial charge < -0.3 is 20.1 Å². The van der Waals surface area contributed by atoms with Gasteiger partial charge in [-0.1, -0.05) is 13.0 Å². The number of rotatable bonds is 5. The highest BCUT2D eigenvalue weighted by atomic mass is 16.7. The van der Waals surface area contributed by atoms with E-state index < -0.39 is 0 Å². The smallest absolute Gasteiger partial charge is 0.231 e. The molecule has 3 aliphatic rings. The first-order valence-electron chi connectivity index (χ1n) is 9.59. The molecule has 26 heavy (non-hydrogen) atoms. The molecule has 1 aromatic carbocycles. The van der Waals surface area contributed by atoms with E-state index in [2.05, 4.69) is 28.4 Å². The molecule has 4 rings (SSSR count). The predicted octanol–water partition coefficient (Wildman–Crippen LogP) is 1.07. The lowest BCUT2D eigenvalue weighted by Crippen LogP contribution is -2.47. The van der Waals surface area contributed by atoms with E-state index in [0.717, 1.165) is 36.7 Å². The summed E-state index contributed by atoms with van der Waals surface area (Å²) < 4.78 is 10.9. The van der Waals surface area contributed by atoms with Crippen molar-refractivity contribution in [2.24, 2.45) is 11.8 Å². The molecule has 0 aliphatic carbocycles. The highest BCUT2D eigenvalue weighted by Crippen LogP contribution is 2.35. The number of hydrogen-bond donors (Lipinski definition) is 4. The number of ether oxygens (including phenoxy) is 2. The molecule has 2 saturated heterocycles. The van der Waals surface area contributed by atoms with Crippen molar-refractivity contribution in [1.29, 1.82) is 0 Å². The van der Waals surface area contributed by atoms with Crippen molar-refractivity contribution >= 4 is 5.91 Å². The molecule has 0 radical (unpaired) electrons. The zero-order chi connectivity index (χ0) is 17.9. The summed E-state index contributed by atoms with van der Waals surface area (Å²) in [6.45, 7) is 5.34. The summed E-state index contributed by atoms with van der Waals surface area (Å²) in [5, 5.41) is 6.60. The number of carbonyl (C=O) groups excluding carboxylic acids is 1. The van der Waals surface area contributed by atoms with Gasteiger partial charge in [-0.25, -0.2) is 5.43 Å². The standard InChI is InChI=1S/C19H28N4O3/c1-12(14-3-2-6-20-9-14)7-18(24)22-19-15(10-21-23-19)13-4-5-16-17(8-13)26-11-25-16/h4-5,8,12,14-15,19-21,23H,2-3,6-7,9-11H2,1H3,(H,22,24). The van der Waals surface area contributed by atoms with Crippen LogP contribution in [0.4, 0.5) is 0 Å². The molecule has 0 bridgehead atoms. The molecule has 0 aromatic heterocycles. The Morgan fingerprint density at radius 3 is 3.04 bits per heavy atom. The van der Waals surface area contributed by atoms with Crippen LogP contribution in [0.15, 0.2) is 18.2 Å². The fourth-order valence-corrected chi connectivity index (χ4v) is 4.14. The molecule has 2 fully saturated rings. The molecule has 0 saturated carbocycles. The molecule has 4 atom stereocenters. The third-order valence-electron chi connectivity index (χ3n) is 5.77. The molecule has 3 aliphatic heterocycles. The van der Waals surface area contributed by atoms with E-state index in [4.69, 9.17) is 9.47 Å². The molecule has 7 heteroatoms. The molecule has 4 unspecified atom stereocenters. The van der Waals surface area contributed by atoms with Crippen molar-refractivity contribution in [3.05, 3.63) is 23.8 Å². The Bertz CT molecular complexity index is 648. The summed E-state index contributed by atoms with van der Waals surface area (Å²) in [4.78, 5) is 12.6. The van der Waals surface area contributed by atoms with Gasteiger partial charge in [0.05, 0.1) is 0 Å². The fourth-order valence-electron chi connectivity index (χ4n) is 4.14. The Balaban J connectivity index is 1.35. The quantitative estimate of drug-likeness (QED) is 0.629. The largest absolute Gasteiger partial charge is 0.454 e. The van der Waals surface area contributed by atoms with Crippen molar-refractivity contribution in [1.82, 2.24) is 21.5 Å². The Labute approximate surface area is 154 Å². The third kappa shape index (κ3) is 3.79.